The van der Waals surface area contributed by atoms with E-state index in [0.29, 0.717) is 42.4 Å². The van der Waals surface area contributed by atoms with Gasteiger partial charge in [0, 0.05) is 32.2 Å². The second-order valence-corrected chi connectivity index (χ2v) is 13.8. The Hall–Kier alpha value is -5.51. The summed E-state index contributed by atoms with van der Waals surface area (Å²) < 4.78 is 5.29. The number of rotatable bonds is 12. The normalized spacial score (nSPS) is 16.4. The molecule has 0 bridgehead atoms. The van der Waals surface area contributed by atoms with Crippen LogP contribution in [0, 0.1) is 27.3 Å². The van der Waals surface area contributed by atoms with Gasteiger partial charge in [0.15, 0.2) is 0 Å². The number of aryl methyl sites for hydroxylation is 1. The van der Waals surface area contributed by atoms with Crippen molar-refractivity contribution in [1.82, 2.24) is 25.1 Å². The van der Waals surface area contributed by atoms with Crippen LogP contribution in [0.4, 0.5) is 10.6 Å². The molecule has 3 amide bonds. The van der Waals surface area contributed by atoms with Crippen LogP contribution >= 0.6 is 0 Å². The first-order valence-electron chi connectivity index (χ1n) is 16.3. The topological polar surface area (TPSA) is 131 Å². The first-order chi connectivity index (χ1) is 22.6. The number of anilines is 1. The van der Waals surface area contributed by atoms with Crippen LogP contribution in [0.3, 0.4) is 0 Å². The zero-order valence-corrected chi connectivity index (χ0v) is 32.7. The maximum absolute atomic E-state index is 13.6. The Labute approximate surface area is 292 Å². The first kappa shape index (κ1) is 40.7. The van der Waals surface area contributed by atoms with E-state index in [9.17, 15) is 14.4 Å². The van der Waals surface area contributed by atoms with Crippen LogP contribution in [0.1, 0.15) is 86.1 Å². The van der Waals surface area contributed by atoms with Gasteiger partial charge in [0.05, 0.1) is 23.2 Å². The van der Waals surface area contributed by atoms with Crippen molar-refractivity contribution in [2.75, 3.05) is 39.0 Å². The Morgan fingerprint density at radius 3 is 2.42 bits per heavy atom. The Morgan fingerprint density at radius 2 is 1.84 bits per heavy atom. The van der Waals surface area contributed by atoms with Gasteiger partial charge in [0.2, 0.25) is 12.0 Å². The van der Waals surface area contributed by atoms with E-state index in [2.05, 4.69) is 46.7 Å². The van der Waals surface area contributed by atoms with Crippen molar-refractivity contribution < 1.29 is 19.1 Å². The number of ether oxygens (including phenoxy) is 1. The molecule has 2 unspecified atom stereocenters. The zero-order chi connectivity index (χ0) is 35.2. The second-order valence-electron chi connectivity index (χ2n) is 13.8. The predicted octanol–water partition coefficient (Wildman–Crippen LogP) is 6.89. The SMILES string of the molecule is C=C1CC=C(NC(CN([CH2-])CC[N-]C(=O)OC(C)(C)C)c2ccc(C3CC3)cn2)C=C(C)C1C(=O)Nc1ncc(C(=O)N(C)C)cc1C.[CH3-].[Lr]. The largest absolute Gasteiger partial charge is 0.616 e. The van der Waals surface area contributed by atoms with Crippen molar-refractivity contribution >= 4 is 23.7 Å². The zero-order valence-electron chi connectivity index (χ0n) is 30.6. The minimum absolute atomic E-state index is 0. The molecule has 2 aromatic rings. The van der Waals surface area contributed by atoms with Gasteiger partial charge in [0.25, 0.3) is 5.91 Å². The van der Waals surface area contributed by atoms with Crippen LogP contribution in [0.2, 0.25) is 0 Å². The Morgan fingerprint density at radius 1 is 1.14 bits per heavy atom. The molecule has 2 heterocycles. The third kappa shape index (κ3) is 11.3. The molecule has 0 aromatic carbocycles. The van der Waals surface area contributed by atoms with Gasteiger partial charge in [-0.2, -0.15) is 0 Å². The minimum atomic E-state index is -0.601. The number of carbonyl (C=O) groups excluding carboxylic acids is 3. The number of allylic oxidation sites excluding steroid dienone is 2. The molecule has 4 rings (SSSR count). The molecule has 11 nitrogen and oxygen atoms in total. The molecule has 1 radical (unpaired) electrons. The van der Waals surface area contributed by atoms with Gasteiger partial charge in [-0.3, -0.25) is 26.4 Å². The number of nitrogens with one attached hydrogen (secondary N) is 2. The Bertz CT molecular complexity index is 1580. The van der Waals surface area contributed by atoms with Gasteiger partial charge < -0.3 is 37.9 Å². The van der Waals surface area contributed by atoms with Crippen molar-refractivity contribution in [3.05, 3.63) is 108 Å². The number of amides is 3. The van der Waals surface area contributed by atoms with Crippen LogP contribution in [0.5, 0.6) is 0 Å². The summed E-state index contributed by atoms with van der Waals surface area (Å²) in [5, 5.41) is 10.6. The standard InChI is InChI=1S/C37H50N7O4.CH3.Lr/c1-23-10-14-29(19-24(2)32(23)34(45)42-33-25(3)18-28(21-40-33)35(46)43(7)8)41-31(30-15-13-27(20-39-30)26-11-12-26)22-44(9)17-16-38-36(47)48-37(4,5)6;;/h13-15,18-21,26,31-32,41H,1,9-12,16-17,22H2,2-8H3,(H2,38,40,42,45,46,47);1H3;/q2*-1;/p-1. The molecule has 0 saturated heterocycles. The van der Waals surface area contributed by atoms with E-state index in [1.807, 2.05) is 57.9 Å². The third-order valence-corrected chi connectivity index (χ3v) is 8.11. The molecular weight excluding hydrogens is 880 g/mol. The Balaban J connectivity index is 0.00000433. The summed E-state index contributed by atoms with van der Waals surface area (Å²) >= 11 is 0. The van der Waals surface area contributed by atoms with E-state index >= 15 is 0 Å². The predicted molar refractivity (Wildman–Crippen MR) is 195 cm³/mol. The smallest absolute Gasteiger partial charge is 0.254 e. The molecule has 0 aliphatic heterocycles. The summed E-state index contributed by atoms with van der Waals surface area (Å²) in [6, 6.07) is 5.69. The van der Waals surface area contributed by atoms with E-state index in [1.54, 1.807) is 20.2 Å². The van der Waals surface area contributed by atoms with Crippen LogP contribution in [0.25, 0.3) is 5.32 Å². The number of carbonyl (C=O) groups is 3. The molecule has 50 heavy (non-hydrogen) atoms. The van der Waals surface area contributed by atoms with Gasteiger partial charge in [-0.15, -0.1) is 6.54 Å². The van der Waals surface area contributed by atoms with Crippen molar-refractivity contribution in [3.8, 4) is 0 Å². The molecule has 281 valence electrons. The van der Waals surface area contributed by atoms with Gasteiger partial charge in [-0.05, 0) is 102 Å². The monoisotopic (exact) mass is 933 g/mol. The number of nitrogens with zero attached hydrogens (tertiary/aromatic N) is 5. The van der Waals surface area contributed by atoms with E-state index in [1.165, 1.54) is 29.5 Å². The van der Waals surface area contributed by atoms with Crippen LogP contribution < -0.4 is 10.6 Å². The molecule has 2 aliphatic rings. The summed E-state index contributed by atoms with van der Waals surface area (Å²) in [5.74, 6) is 0.0329. The summed E-state index contributed by atoms with van der Waals surface area (Å²) in [7, 11) is 7.56. The second kappa shape index (κ2) is 17.2. The first-order valence-corrected chi connectivity index (χ1v) is 16.3. The van der Waals surface area contributed by atoms with Gasteiger partial charge in [-0.1, -0.05) is 29.9 Å². The van der Waals surface area contributed by atoms with Gasteiger partial charge in [-0.25, -0.2) is 4.98 Å². The van der Waals surface area contributed by atoms with E-state index in [4.69, 9.17) is 9.72 Å². The van der Waals surface area contributed by atoms with Crippen LogP contribution in [0.15, 0.2) is 66.2 Å². The van der Waals surface area contributed by atoms with Crippen LogP contribution in [-0.4, -0.2) is 77.0 Å². The molecule has 1 fully saturated rings. The van der Waals surface area contributed by atoms with E-state index < -0.39 is 17.6 Å². The van der Waals surface area contributed by atoms with Crippen LogP contribution in [-0.2, 0) is 9.53 Å². The maximum atomic E-state index is 13.6. The number of pyridine rings is 2. The fraction of sp³-hybridized carbons (Fsp3) is 0.447. The van der Waals surface area contributed by atoms with Crippen molar-refractivity contribution in [2.24, 2.45) is 5.92 Å². The summed E-state index contributed by atoms with van der Waals surface area (Å²) in [6.45, 7) is 14.6. The minimum Gasteiger partial charge on any atom is -0.616 e. The summed E-state index contributed by atoms with van der Waals surface area (Å²) in [5.41, 5.74) is 5.07. The van der Waals surface area contributed by atoms with Gasteiger partial charge >= 0.3 is 0 Å². The fourth-order valence-corrected chi connectivity index (χ4v) is 5.45. The van der Waals surface area contributed by atoms with Crippen molar-refractivity contribution in [1.29, 1.82) is 0 Å². The molecule has 1 saturated carbocycles. The maximum Gasteiger partial charge on any atom is 0.254 e. The summed E-state index contributed by atoms with van der Waals surface area (Å²) in [6.07, 6.45) is 9.72. The fourth-order valence-electron chi connectivity index (χ4n) is 5.45. The molecule has 2 aliphatic carbocycles. The Kier molecular flexibility index (Phi) is 14.0. The number of hydrogen-bond donors (Lipinski definition) is 2. The third-order valence-electron chi connectivity index (χ3n) is 8.11. The number of aromatic nitrogens is 2. The van der Waals surface area contributed by atoms with Crippen molar-refractivity contribution in [2.45, 2.75) is 71.4 Å². The molecule has 2 atom stereocenters. The molecule has 12 heteroatoms. The quantitative estimate of drug-likeness (QED) is 0.174. The van der Waals surface area contributed by atoms with Gasteiger partial charge in [0.1, 0.15) is 11.4 Å². The molecule has 0 spiro atoms. The average Bonchev–Trinajstić information content (AvgIpc) is 3.86. The molecule has 2 aromatic heterocycles. The summed E-state index contributed by atoms with van der Waals surface area (Å²) in [4.78, 5) is 50.5. The number of hydrogen-bond acceptors (Lipinski definition) is 8. The average molecular weight is 933 g/mol. The molecule has 2 N–H and O–H groups in total. The van der Waals surface area contributed by atoms with Crippen molar-refractivity contribution in [3.63, 3.8) is 0 Å². The van der Waals surface area contributed by atoms with E-state index in [-0.39, 0.29) is 31.8 Å². The van der Waals surface area contributed by atoms with E-state index in [0.717, 1.165) is 22.5 Å². The molecular formula is C38H52LrN7O4-3.